The average Bonchev–Trinajstić information content (AvgIpc) is 3.92. The number of carbonyl (C=O) groups is 11. The first kappa shape index (κ1) is 64.6. The molecule has 3 aliphatic rings. The van der Waals surface area contributed by atoms with Crippen LogP contribution in [0.15, 0.2) is 78.9 Å². The number of benzene rings is 3. The fraction of sp³-hybridized carbons (Fsp3) is 0.491. The molecule has 27 nitrogen and oxygen atoms in total. The fourth-order valence-corrected chi connectivity index (χ4v) is 10.1. The Labute approximate surface area is 481 Å². The van der Waals surface area contributed by atoms with Gasteiger partial charge < -0.3 is 77.9 Å². The molecular weight excluding hydrogens is 1110 g/mol. The number of carboxylic acid groups (broad SMARTS) is 1. The Morgan fingerprint density at radius 1 is 0.631 bits per heavy atom. The highest BCUT2D eigenvalue weighted by molar-refractivity contribution is 5.82. The van der Waals surface area contributed by atoms with Gasteiger partial charge in [0.2, 0.25) is 11.8 Å². The molecule has 0 bridgehead atoms. The standard InChI is InChI=1S/C57H67N3O24/c1-28(46(53(69)70)60-56(72)75-25-42-40-21-15-13-19-38(40)39-20-14-16-22-41(39)42)77-54-48(59-30(3)62)51(82-36(9)68)49(80-34(7)66)45(83-54)27-76-57(55(71)74-24-37-17-11-10-12-18-37)23-43(78-32(5)64)47(58-29(2)61)52(84-57)50(81-35(8)67)44(79-33(6)65)26-73-31(4)63/h10-22,28,42-52,54H,23-27H2,1-9H3,(H,58,61)(H,59,62)(H,60,72)(H,69,70)/t28-,43+,44-,45-,46+,47-,48-,49+,50-,51-,52-,54+,57-/m1/s1. The smallest absolute Gasteiger partial charge is 0.407 e. The lowest BCUT2D eigenvalue weighted by Crippen LogP contribution is -2.70. The lowest BCUT2D eigenvalue weighted by atomic mass is 9.87. The zero-order chi connectivity index (χ0) is 61.6. The lowest BCUT2D eigenvalue weighted by molar-refractivity contribution is -0.335. The number of nitrogens with one attached hydrogen (secondary N) is 3. The number of esters is 7. The van der Waals surface area contributed by atoms with Gasteiger partial charge in [-0.05, 0) is 34.7 Å². The van der Waals surface area contributed by atoms with Crippen molar-refractivity contribution >= 4 is 65.7 Å². The summed E-state index contributed by atoms with van der Waals surface area (Å²) in [6, 6.07) is 18.0. The number of aliphatic carboxylic acids is 1. The average molecular weight is 1180 g/mol. The summed E-state index contributed by atoms with van der Waals surface area (Å²) < 4.78 is 70.6. The molecule has 13 atom stereocenters. The van der Waals surface area contributed by atoms with Crippen molar-refractivity contribution in [1.82, 2.24) is 16.0 Å². The Bertz CT molecular complexity index is 2870. The molecule has 84 heavy (non-hydrogen) atoms. The van der Waals surface area contributed by atoms with Gasteiger partial charge in [-0.3, -0.25) is 38.4 Å². The van der Waals surface area contributed by atoms with E-state index in [0.717, 1.165) is 77.6 Å². The molecule has 2 saturated heterocycles. The summed E-state index contributed by atoms with van der Waals surface area (Å²) >= 11 is 0. The SMILES string of the molecule is CC(=O)N[C@H]1[C@@H](O[C@H](C)[C@H](NC(=O)OCC2c3ccccc3-c3ccccc32)C(=O)O)O[C@H](CO[C@]2(C(=O)OCc3ccccc3)C[C@H](OC(C)=O)[C@@H](NC(C)=O)[C@H]([C@H](OC(C)=O)[C@@H](COC(C)=O)OC(C)=O)O2)[C@H](OC(C)=O)[C@@H]1OC(C)=O. The highest BCUT2D eigenvalue weighted by Crippen LogP contribution is 2.45. The third-order valence-corrected chi connectivity index (χ3v) is 13.3. The Morgan fingerprint density at radius 3 is 1.74 bits per heavy atom. The van der Waals surface area contributed by atoms with E-state index in [-0.39, 0.29) is 6.61 Å². The molecule has 2 fully saturated rings. The second-order valence-electron chi connectivity index (χ2n) is 19.9. The maximum atomic E-state index is 15.1. The van der Waals surface area contributed by atoms with Gasteiger partial charge in [0.25, 0.3) is 5.79 Å². The molecule has 27 heteroatoms. The van der Waals surface area contributed by atoms with E-state index in [9.17, 15) is 53.1 Å². The van der Waals surface area contributed by atoms with Crippen LogP contribution in [0.4, 0.5) is 4.79 Å². The number of ether oxygens (including phenoxy) is 12. The van der Waals surface area contributed by atoms with Gasteiger partial charge in [-0.2, -0.15) is 0 Å². The lowest BCUT2D eigenvalue weighted by Gasteiger charge is -2.49. The molecule has 0 radical (unpaired) electrons. The summed E-state index contributed by atoms with van der Waals surface area (Å²) in [6.45, 7) is 6.69. The van der Waals surface area contributed by atoms with Crippen molar-refractivity contribution in [1.29, 1.82) is 0 Å². The Morgan fingerprint density at radius 2 is 1.19 bits per heavy atom. The van der Waals surface area contributed by atoms with Crippen LogP contribution in [0.5, 0.6) is 0 Å². The number of amides is 3. The van der Waals surface area contributed by atoms with E-state index in [1.165, 1.54) is 6.92 Å². The van der Waals surface area contributed by atoms with Crippen LogP contribution in [0.3, 0.4) is 0 Å². The second kappa shape index (κ2) is 29.1. The van der Waals surface area contributed by atoms with Crippen molar-refractivity contribution in [2.45, 2.75) is 160 Å². The number of alkyl carbamates (subject to hydrolysis) is 1. The number of carbonyl (C=O) groups excluding carboxylic acids is 10. The molecule has 4 N–H and O–H groups in total. The molecule has 454 valence electrons. The molecule has 3 aromatic rings. The zero-order valence-electron chi connectivity index (χ0n) is 47.4. The van der Waals surface area contributed by atoms with E-state index in [1.54, 1.807) is 30.3 Å². The first-order valence-corrected chi connectivity index (χ1v) is 26.5. The molecule has 0 saturated carbocycles. The van der Waals surface area contributed by atoms with Crippen LogP contribution < -0.4 is 16.0 Å². The van der Waals surface area contributed by atoms with Crippen molar-refractivity contribution in [2.24, 2.45) is 0 Å². The van der Waals surface area contributed by atoms with Gasteiger partial charge in [-0.15, -0.1) is 0 Å². The van der Waals surface area contributed by atoms with E-state index in [0.29, 0.717) is 5.56 Å². The molecule has 2 heterocycles. The highest BCUT2D eigenvalue weighted by atomic mass is 16.8. The molecule has 6 rings (SSSR count). The van der Waals surface area contributed by atoms with E-state index < -0.39 is 177 Å². The molecule has 0 spiro atoms. The maximum absolute atomic E-state index is 15.1. The van der Waals surface area contributed by atoms with Crippen molar-refractivity contribution in [2.75, 3.05) is 19.8 Å². The van der Waals surface area contributed by atoms with Gasteiger partial charge >= 0.3 is 53.8 Å². The van der Waals surface area contributed by atoms with Gasteiger partial charge in [0, 0.05) is 61.3 Å². The van der Waals surface area contributed by atoms with E-state index in [4.69, 9.17) is 56.8 Å². The van der Waals surface area contributed by atoms with Crippen LogP contribution in [-0.2, 0) is 111 Å². The molecule has 3 aromatic carbocycles. The third-order valence-electron chi connectivity index (χ3n) is 13.3. The quantitative estimate of drug-likeness (QED) is 0.0739. The van der Waals surface area contributed by atoms with Crippen LogP contribution in [0.25, 0.3) is 11.1 Å². The number of rotatable bonds is 24. The third kappa shape index (κ3) is 17.0. The summed E-state index contributed by atoms with van der Waals surface area (Å²) in [7, 11) is 0. The largest absolute Gasteiger partial charge is 0.480 e. The summed E-state index contributed by atoms with van der Waals surface area (Å²) in [6.07, 6.45) is -18.5. The van der Waals surface area contributed by atoms with Gasteiger partial charge in [0.15, 0.2) is 36.7 Å². The van der Waals surface area contributed by atoms with Gasteiger partial charge in [-0.1, -0.05) is 78.9 Å². The van der Waals surface area contributed by atoms with Gasteiger partial charge in [0.1, 0.15) is 44.2 Å². The topological polar surface area (TPSA) is 355 Å². The van der Waals surface area contributed by atoms with E-state index in [1.807, 2.05) is 48.5 Å². The maximum Gasteiger partial charge on any atom is 0.407 e. The predicted octanol–water partition coefficient (Wildman–Crippen LogP) is 2.58. The molecule has 0 aromatic heterocycles. The Hall–Kier alpha value is -8.53. The van der Waals surface area contributed by atoms with Crippen molar-refractivity contribution in [3.05, 3.63) is 95.6 Å². The summed E-state index contributed by atoms with van der Waals surface area (Å²) in [5.74, 6) is -13.9. The predicted molar refractivity (Wildman–Crippen MR) is 283 cm³/mol. The molecule has 2 aliphatic heterocycles. The van der Waals surface area contributed by atoms with Crippen LogP contribution in [0, 0.1) is 0 Å². The first-order chi connectivity index (χ1) is 39.8. The number of hydrogen-bond acceptors (Lipinski definition) is 23. The van der Waals surface area contributed by atoms with Crippen molar-refractivity contribution < 1.29 is 115 Å². The normalized spacial score (nSPS) is 23.8. The minimum absolute atomic E-state index is 0.201. The monoisotopic (exact) mass is 1180 g/mol. The van der Waals surface area contributed by atoms with Crippen molar-refractivity contribution in [3.63, 3.8) is 0 Å². The van der Waals surface area contributed by atoms with E-state index >= 15 is 4.79 Å². The zero-order valence-corrected chi connectivity index (χ0v) is 47.4. The summed E-state index contributed by atoms with van der Waals surface area (Å²) in [4.78, 5) is 144. The minimum Gasteiger partial charge on any atom is -0.480 e. The molecule has 0 unspecified atom stereocenters. The Balaban J connectivity index is 1.41. The van der Waals surface area contributed by atoms with Gasteiger partial charge in [0.05, 0.1) is 25.2 Å². The molecule has 1 aliphatic carbocycles. The van der Waals surface area contributed by atoms with Crippen LogP contribution >= 0.6 is 0 Å². The highest BCUT2D eigenvalue weighted by Gasteiger charge is 2.61. The number of fused-ring (bicyclic) bond motifs is 3. The van der Waals surface area contributed by atoms with Gasteiger partial charge in [-0.25, -0.2) is 14.4 Å². The number of hydrogen-bond donors (Lipinski definition) is 4. The van der Waals surface area contributed by atoms with Crippen LogP contribution in [-0.4, -0.2) is 170 Å². The van der Waals surface area contributed by atoms with Crippen molar-refractivity contribution in [3.8, 4) is 11.1 Å². The van der Waals surface area contributed by atoms with E-state index in [2.05, 4.69) is 16.0 Å². The minimum atomic E-state index is -2.93. The summed E-state index contributed by atoms with van der Waals surface area (Å²) in [5, 5.41) is 17.9. The van der Waals surface area contributed by atoms with Crippen LogP contribution in [0.1, 0.15) is 91.3 Å². The molecule has 3 amide bonds. The second-order valence-corrected chi connectivity index (χ2v) is 19.9. The molecular formula is C57H67N3O24. The first-order valence-electron chi connectivity index (χ1n) is 26.5. The fourth-order valence-electron chi connectivity index (χ4n) is 10.1. The Kier molecular flexibility index (Phi) is 22.4. The van der Waals surface area contributed by atoms with Crippen LogP contribution in [0.2, 0.25) is 0 Å². The summed E-state index contributed by atoms with van der Waals surface area (Å²) in [5.41, 5.74) is 4.05. The number of carboxylic acids is 1.